The second-order valence-electron chi connectivity index (χ2n) is 8.56. The van der Waals surface area contributed by atoms with Crippen LogP contribution in [0.3, 0.4) is 0 Å². The zero-order valence-corrected chi connectivity index (χ0v) is 22.3. The van der Waals surface area contributed by atoms with Crippen molar-refractivity contribution >= 4 is 39.1 Å². The van der Waals surface area contributed by atoms with Gasteiger partial charge >= 0.3 is 0 Å². The lowest BCUT2D eigenvalue weighted by atomic mass is 10.1. The first-order valence-corrected chi connectivity index (χ1v) is 13.7. The van der Waals surface area contributed by atoms with Gasteiger partial charge in [0.1, 0.15) is 18.4 Å². The van der Waals surface area contributed by atoms with Gasteiger partial charge in [-0.25, -0.2) is 12.8 Å². The van der Waals surface area contributed by atoms with Gasteiger partial charge in [-0.05, 0) is 56.0 Å². The number of aryl methyl sites for hydroxylation is 1. The van der Waals surface area contributed by atoms with Gasteiger partial charge in [0.05, 0.1) is 17.0 Å². The minimum atomic E-state index is -3.93. The average Bonchev–Trinajstić information content (AvgIpc) is 2.79. The van der Waals surface area contributed by atoms with Gasteiger partial charge in [0.15, 0.2) is 0 Å². The third-order valence-electron chi connectivity index (χ3n) is 5.86. The highest BCUT2D eigenvalue weighted by Gasteiger charge is 2.32. The first-order chi connectivity index (χ1) is 16.4. The molecule has 1 N–H and O–H groups in total. The number of sulfonamides is 1. The Labute approximate surface area is 212 Å². The van der Waals surface area contributed by atoms with Gasteiger partial charge in [0.25, 0.3) is 0 Å². The SMILES string of the molecule is CC[C@@H](C)NC(=O)[C@@H](CC)N(Cc1ccccc1C)C(=O)CN(c1ccc(F)c(Cl)c1)S(C)(=O)=O. The third-order valence-corrected chi connectivity index (χ3v) is 7.29. The van der Waals surface area contributed by atoms with Gasteiger partial charge in [0.2, 0.25) is 21.8 Å². The molecule has 0 unspecified atom stereocenters. The Morgan fingerprint density at radius 3 is 2.31 bits per heavy atom. The molecule has 0 saturated carbocycles. The Kier molecular flexibility index (Phi) is 10.1. The number of amides is 2. The highest BCUT2D eigenvalue weighted by Crippen LogP contribution is 2.25. The summed E-state index contributed by atoms with van der Waals surface area (Å²) in [6, 6.07) is 10.0. The lowest BCUT2D eigenvalue weighted by molar-refractivity contribution is -0.140. The van der Waals surface area contributed by atoms with E-state index in [4.69, 9.17) is 11.6 Å². The monoisotopic (exact) mass is 525 g/mol. The predicted molar refractivity (Wildman–Crippen MR) is 137 cm³/mol. The van der Waals surface area contributed by atoms with Gasteiger partial charge in [0, 0.05) is 12.6 Å². The van der Waals surface area contributed by atoms with Crippen LogP contribution in [0.1, 0.15) is 44.7 Å². The fourth-order valence-corrected chi connectivity index (χ4v) is 4.60. The van der Waals surface area contributed by atoms with Crippen molar-refractivity contribution in [3.05, 3.63) is 64.4 Å². The van der Waals surface area contributed by atoms with E-state index in [9.17, 15) is 22.4 Å². The van der Waals surface area contributed by atoms with E-state index in [1.807, 2.05) is 45.0 Å². The Bertz CT molecular complexity index is 1160. The molecule has 0 bridgehead atoms. The van der Waals surface area contributed by atoms with Crippen LogP contribution in [0.15, 0.2) is 42.5 Å². The molecule has 0 aliphatic rings. The van der Waals surface area contributed by atoms with E-state index in [-0.39, 0.29) is 29.2 Å². The van der Waals surface area contributed by atoms with E-state index in [2.05, 4.69) is 5.32 Å². The van der Waals surface area contributed by atoms with Gasteiger partial charge in [-0.1, -0.05) is 49.7 Å². The lowest BCUT2D eigenvalue weighted by Gasteiger charge is -2.33. The minimum absolute atomic E-state index is 0.0557. The molecule has 0 saturated heterocycles. The third kappa shape index (κ3) is 7.67. The van der Waals surface area contributed by atoms with Crippen molar-refractivity contribution in [2.75, 3.05) is 17.1 Å². The average molecular weight is 526 g/mol. The van der Waals surface area contributed by atoms with Crippen molar-refractivity contribution in [2.45, 2.75) is 59.2 Å². The van der Waals surface area contributed by atoms with Crippen LogP contribution in [0.2, 0.25) is 5.02 Å². The maximum Gasteiger partial charge on any atom is 0.244 e. The Morgan fingerprint density at radius 2 is 1.77 bits per heavy atom. The summed E-state index contributed by atoms with van der Waals surface area (Å²) >= 11 is 5.86. The Hall–Kier alpha value is -2.65. The summed E-state index contributed by atoms with van der Waals surface area (Å²) in [5, 5.41) is 2.66. The number of halogens is 2. The quantitative estimate of drug-likeness (QED) is 0.474. The molecule has 0 aliphatic heterocycles. The summed E-state index contributed by atoms with van der Waals surface area (Å²) in [5.41, 5.74) is 1.83. The summed E-state index contributed by atoms with van der Waals surface area (Å²) < 4.78 is 39.7. The van der Waals surface area contributed by atoms with Crippen LogP contribution in [0.4, 0.5) is 10.1 Å². The summed E-state index contributed by atoms with van der Waals surface area (Å²) in [5.74, 6) is -1.58. The van der Waals surface area contributed by atoms with Crippen LogP contribution in [0, 0.1) is 12.7 Å². The van der Waals surface area contributed by atoms with Crippen molar-refractivity contribution in [1.29, 1.82) is 0 Å². The van der Waals surface area contributed by atoms with Crippen LogP contribution in [-0.4, -0.2) is 50.0 Å². The van der Waals surface area contributed by atoms with Crippen LogP contribution in [0.25, 0.3) is 0 Å². The van der Waals surface area contributed by atoms with Crippen molar-refractivity contribution in [2.24, 2.45) is 0 Å². The van der Waals surface area contributed by atoms with Gasteiger partial charge in [-0.15, -0.1) is 0 Å². The molecule has 35 heavy (non-hydrogen) atoms. The molecule has 2 aromatic rings. The number of anilines is 1. The molecule has 0 spiro atoms. The van der Waals surface area contributed by atoms with E-state index < -0.39 is 34.3 Å². The van der Waals surface area contributed by atoms with Crippen molar-refractivity contribution in [1.82, 2.24) is 10.2 Å². The smallest absolute Gasteiger partial charge is 0.244 e. The van der Waals surface area contributed by atoms with Crippen LogP contribution >= 0.6 is 11.6 Å². The maximum absolute atomic E-state index is 13.7. The number of nitrogens with zero attached hydrogens (tertiary/aromatic N) is 2. The lowest BCUT2D eigenvalue weighted by Crippen LogP contribution is -2.53. The second-order valence-corrected chi connectivity index (χ2v) is 10.9. The van der Waals surface area contributed by atoms with E-state index in [1.165, 1.54) is 11.0 Å². The zero-order chi connectivity index (χ0) is 26.3. The fraction of sp³-hybridized carbons (Fsp3) is 0.440. The van der Waals surface area contributed by atoms with Crippen molar-refractivity contribution in [3.63, 3.8) is 0 Å². The molecule has 0 heterocycles. The van der Waals surface area contributed by atoms with E-state index in [0.717, 1.165) is 40.2 Å². The standard InChI is InChI=1S/C25H33ClFN3O4S/c1-6-18(4)28-25(32)23(7-2)29(15-19-11-9-8-10-17(19)3)24(31)16-30(35(5,33)34)20-12-13-22(27)21(26)14-20/h8-14,18,23H,6-7,15-16H2,1-5H3,(H,28,32)/t18-,23-/m1/s1. The normalized spacial score (nSPS) is 13.1. The Morgan fingerprint density at radius 1 is 1.11 bits per heavy atom. The van der Waals surface area contributed by atoms with Crippen molar-refractivity contribution < 1.29 is 22.4 Å². The molecule has 0 aromatic heterocycles. The van der Waals surface area contributed by atoms with Gasteiger partial charge in [-0.3, -0.25) is 13.9 Å². The maximum atomic E-state index is 13.7. The van der Waals surface area contributed by atoms with Crippen molar-refractivity contribution in [3.8, 4) is 0 Å². The number of carbonyl (C=O) groups excluding carboxylic acids is 2. The molecule has 2 rings (SSSR count). The summed E-state index contributed by atoms with van der Waals surface area (Å²) in [4.78, 5) is 28.1. The number of rotatable bonds is 11. The number of carbonyl (C=O) groups is 2. The molecule has 2 atom stereocenters. The molecule has 0 radical (unpaired) electrons. The highest BCUT2D eigenvalue weighted by molar-refractivity contribution is 7.92. The predicted octanol–water partition coefficient (Wildman–Crippen LogP) is 4.28. The topological polar surface area (TPSA) is 86.8 Å². The molecule has 0 fully saturated rings. The van der Waals surface area contributed by atoms with Gasteiger partial charge < -0.3 is 10.2 Å². The van der Waals surface area contributed by atoms with Crippen LogP contribution in [-0.2, 0) is 26.2 Å². The van der Waals surface area contributed by atoms with E-state index in [1.54, 1.807) is 6.92 Å². The summed E-state index contributed by atoms with van der Waals surface area (Å²) in [7, 11) is -3.93. The number of hydrogen-bond acceptors (Lipinski definition) is 4. The highest BCUT2D eigenvalue weighted by atomic mass is 35.5. The molecule has 7 nitrogen and oxygen atoms in total. The largest absolute Gasteiger partial charge is 0.352 e. The number of nitrogens with one attached hydrogen (secondary N) is 1. The van der Waals surface area contributed by atoms with E-state index >= 15 is 0 Å². The van der Waals surface area contributed by atoms with Gasteiger partial charge in [-0.2, -0.15) is 0 Å². The number of hydrogen-bond donors (Lipinski definition) is 1. The summed E-state index contributed by atoms with van der Waals surface area (Å²) in [6.45, 7) is 7.08. The molecule has 2 amide bonds. The number of benzene rings is 2. The minimum Gasteiger partial charge on any atom is -0.352 e. The van der Waals surface area contributed by atoms with Crippen LogP contribution < -0.4 is 9.62 Å². The second kappa shape index (κ2) is 12.4. The molecule has 0 aliphatic carbocycles. The summed E-state index contributed by atoms with van der Waals surface area (Å²) in [6.07, 6.45) is 2.01. The zero-order valence-electron chi connectivity index (χ0n) is 20.7. The molecular formula is C25H33ClFN3O4S. The van der Waals surface area contributed by atoms with E-state index in [0.29, 0.717) is 6.42 Å². The molecule has 192 valence electrons. The van der Waals surface area contributed by atoms with Crippen LogP contribution in [0.5, 0.6) is 0 Å². The molecular weight excluding hydrogens is 493 g/mol. The Balaban J connectivity index is 2.47. The fourth-order valence-electron chi connectivity index (χ4n) is 3.59. The molecule has 2 aromatic carbocycles. The molecule has 10 heteroatoms. The first kappa shape index (κ1) is 28.6. The first-order valence-electron chi connectivity index (χ1n) is 11.5.